The summed E-state index contributed by atoms with van der Waals surface area (Å²) in [6, 6.07) is 54.3. The molecule has 0 unspecified atom stereocenters. The highest BCUT2D eigenvalue weighted by Crippen LogP contribution is 2.49. The number of fused-ring (bicyclic) bond motifs is 7. The first-order valence-electron chi connectivity index (χ1n) is 22.8. The molecule has 0 saturated carbocycles. The molecule has 3 heteroatoms. The van der Waals surface area contributed by atoms with Gasteiger partial charge in [-0.15, -0.1) is 0 Å². The third kappa shape index (κ3) is 6.54. The number of benzene rings is 7. The van der Waals surface area contributed by atoms with Crippen LogP contribution in [0.15, 0.2) is 140 Å². The Bertz CT molecular complexity index is 2920. The van der Waals surface area contributed by atoms with E-state index in [1.165, 1.54) is 106 Å². The molecular weight excluding hydrogens is 747 g/mol. The highest BCUT2D eigenvalue weighted by atomic mass is 15.2. The molecule has 1 aliphatic carbocycles. The maximum absolute atomic E-state index is 2.62. The van der Waals surface area contributed by atoms with Gasteiger partial charge in [0.25, 0.3) is 6.71 Å². The van der Waals surface area contributed by atoms with Gasteiger partial charge in [0.1, 0.15) is 0 Å². The molecule has 0 aromatic heterocycles. The van der Waals surface area contributed by atoms with Crippen molar-refractivity contribution in [2.75, 3.05) is 9.80 Å². The number of rotatable bonds is 3. The molecule has 0 bridgehead atoms. The second-order valence-corrected chi connectivity index (χ2v) is 22.4. The van der Waals surface area contributed by atoms with E-state index in [0.717, 1.165) is 6.42 Å². The minimum absolute atomic E-state index is 0.00832. The zero-order chi connectivity index (χ0) is 43.7. The fourth-order valence-corrected chi connectivity index (χ4v) is 10.3. The van der Waals surface area contributed by atoms with Crippen LogP contribution >= 0.6 is 0 Å². The molecule has 0 amide bonds. The zero-order valence-corrected chi connectivity index (χ0v) is 39.0. The van der Waals surface area contributed by atoms with Crippen LogP contribution in [0.5, 0.6) is 0 Å². The molecule has 3 aliphatic rings. The Hall–Kier alpha value is -5.80. The summed E-state index contributed by atoms with van der Waals surface area (Å²) < 4.78 is 0. The molecule has 310 valence electrons. The lowest BCUT2D eigenvalue weighted by molar-refractivity contribution is 0.589. The molecule has 2 heterocycles. The van der Waals surface area contributed by atoms with Crippen LogP contribution in [0.2, 0.25) is 0 Å². The van der Waals surface area contributed by atoms with Gasteiger partial charge in [0.2, 0.25) is 0 Å². The first-order valence-corrected chi connectivity index (χ1v) is 22.8. The van der Waals surface area contributed by atoms with E-state index in [0.29, 0.717) is 0 Å². The molecule has 2 aliphatic heterocycles. The minimum Gasteiger partial charge on any atom is -0.311 e. The Balaban J connectivity index is 1.28. The van der Waals surface area contributed by atoms with E-state index in [4.69, 9.17) is 0 Å². The number of hydrogen-bond donors (Lipinski definition) is 0. The fourth-order valence-electron chi connectivity index (χ4n) is 10.3. The van der Waals surface area contributed by atoms with Gasteiger partial charge < -0.3 is 9.80 Å². The summed E-state index contributed by atoms with van der Waals surface area (Å²) in [5, 5.41) is 0. The van der Waals surface area contributed by atoms with Crippen LogP contribution in [0.1, 0.15) is 116 Å². The SMILES string of the molecule is CC(C)(C)c1ccc(N2c3ccc(C(C)(C)C)cc3B3c4ccc(C(C)(C)C)cc4N(c4cccc(-c5cccc6c5-c5ccccc5C6)c4)c4cc(C(C)(C)C)cc2c43)cc1. The summed E-state index contributed by atoms with van der Waals surface area (Å²) in [6.07, 6.45) is 0.981. The largest absolute Gasteiger partial charge is 0.311 e. The molecule has 62 heavy (non-hydrogen) atoms. The van der Waals surface area contributed by atoms with Crippen LogP contribution < -0.4 is 26.2 Å². The lowest BCUT2D eigenvalue weighted by atomic mass is 9.33. The van der Waals surface area contributed by atoms with Crippen molar-refractivity contribution in [1.82, 2.24) is 0 Å². The monoisotopic (exact) mass is 808 g/mol. The quantitative estimate of drug-likeness (QED) is 0.164. The topological polar surface area (TPSA) is 6.48 Å². The Kier molecular flexibility index (Phi) is 9.00. The predicted octanol–water partition coefficient (Wildman–Crippen LogP) is 14.2. The molecule has 0 saturated heterocycles. The van der Waals surface area contributed by atoms with Crippen LogP contribution in [0.25, 0.3) is 22.3 Å². The van der Waals surface area contributed by atoms with Gasteiger partial charge in [0.15, 0.2) is 0 Å². The van der Waals surface area contributed by atoms with Crippen molar-refractivity contribution < 1.29 is 0 Å². The fraction of sp³-hybridized carbons (Fsp3) is 0.288. The molecule has 0 atom stereocenters. The molecule has 0 radical (unpaired) electrons. The van der Waals surface area contributed by atoms with Crippen LogP contribution in [0.3, 0.4) is 0 Å². The van der Waals surface area contributed by atoms with Gasteiger partial charge in [-0.1, -0.05) is 174 Å². The lowest BCUT2D eigenvalue weighted by Crippen LogP contribution is -2.61. The summed E-state index contributed by atoms with van der Waals surface area (Å²) in [6.45, 7) is 28.1. The predicted molar refractivity (Wildman–Crippen MR) is 269 cm³/mol. The van der Waals surface area contributed by atoms with E-state index in [1.54, 1.807) is 0 Å². The summed E-state index contributed by atoms with van der Waals surface area (Å²) in [7, 11) is 0. The Morgan fingerprint density at radius 2 is 0.935 bits per heavy atom. The van der Waals surface area contributed by atoms with Gasteiger partial charge in [-0.3, -0.25) is 0 Å². The summed E-state index contributed by atoms with van der Waals surface area (Å²) in [5.41, 5.74) is 24.9. The lowest BCUT2D eigenvalue weighted by Gasteiger charge is -2.45. The minimum atomic E-state index is -0.0990. The van der Waals surface area contributed by atoms with Crippen LogP contribution in [-0.4, -0.2) is 6.71 Å². The van der Waals surface area contributed by atoms with Gasteiger partial charge in [-0.05, 0) is 149 Å². The van der Waals surface area contributed by atoms with Crippen molar-refractivity contribution in [3.8, 4) is 22.3 Å². The smallest absolute Gasteiger partial charge is 0.252 e. The molecule has 7 aromatic rings. The molecular formula is C59H61BN2. The van der Waals surface area contributed by atoms with Crippen molar-refractivity contribution in [1.29, 1.82) is 0 Å². The molecule has 0 spiro atoms. The van der Waals surface area contributed by atoms with E-state index in [2.05, 4.69) is 232 Å². The first-order chi connectivity index (χ1) is 29.3. The average molecular weight is 809 g/mol. The van der Waals surface area contributed by atoms with Crippen molar-refractivity contribution in [2.24, 2.45) is 0 Å². The summed E-state index contributed by atoms with van der Waals surface area (Å²) in [5.74, 6) is 0. The normalized spacial score (nSPS) is 14.3. The standard InChI is InChI=1S/C59H61BN2/c1-56(2,3)40-23-27-44(28-24-40)61-50-30-26-41(57(4,5)6)33-49(50)60-48-29-25-42(58(7,8)9)34-51(48)62(53-36-43(59(10,11)12)35-52(61)55(53)60)45-20-15-18-38(32-45)47-22-16-19-39-31-37-17-13-14-21-46(37)54(39)47/h13-30,32-36H,31H2,1-12H3. The second-order valence-electron chi connectivity index (χ2n) is 22.4. The third-order valence-electron chi connectivity index (χ3n) is 13.9. The number of nitrogens with zero attached hydrogens (tertiary/aromatic N) is 2. The molecule has 2 nitrogen and oxygen atoms in total. The summed E-state index contributed by atoms with van der Waals surface area (Å²) in [4.78, 5) is 5.20. The van der Waals surface area contributed by atoms with Crippen LogP contribution in [0, 0.1) is 0 Å². The first kappa shape index (κ1) is 40.3. The third-order valence-corrected chi connectivity index (χ3v) is 13.9. The number of hydrogen-bond acceptors (Lipinski definition) is 2. The van der Waals surface area contributed by atoms with Crippen molar-refractivity contribution in [3.63, 3.8) is 0 Å². The molecule has 0 N–H and O–H groups in total. The van der Waals surface area contributed by atoms with Gasteiger partial charge in [-0.25, -0.2) is 0 Å². The van der Waals surface area contributed by atoms with Crippen molar-refractivity contribution >= 4 is 57.2 Å². The van der Waals surface area contributed by atoms with E-state index in [1.807, 2.05) is 0 Å². The maximum atomic E-state index is 2.62. The highest BCUT2D eigenvalue weighted by molar-refractivity contribution is 7.00. The van der Waals surface area contributed by atoms with E-state index in [9.17, 15) is 0 Å². The van der Waals surface area contributed by atoms with Gasteiger partial charge in [0.05, 0.1) is 0 Å². The summed E-state index contributed by atoms with van der Waals surface area (Å²) >= 11 is 0. The Morgan fingerprint density at radius 3 is 1.61 bits per heavy atom. The van der Waals surface area contributed by atoms with Crippen molar-refractivity contribution in [3.05, 3.63) is 173 Å². The Morgan fingerprint density at radius 1 is 0.387 bits per heavy atom. The van der Waals surface area contributed by atoms with Crippen LogP contribution in [0.4, 0.5) is 34.1 Å². The van der Waals surface area contributed by atoms with E-state index >= 15 is 0 Å². The van der Waals surface area contributed by atoms with E-state index in [-0.39, 0.29) is 28.4 Å². The van der Waals surface area contributed by atoms with Crippen LogP contribution in [-0.2, 0) is 28.1 Å². The van der Waals surface area contributed by atoms with Gasteiger partial charge in [0, 0.05) is 34.1 Å². The van der Waals surface area contributed by atoms with Gasteiger partial charge >= 0.3 is 0 Å². The Labute approximate surface area is 371 Å². The van der Waals surface area contributed by atoms with Gasteiger partial charge in [-0.2, -0.15) is 0 Å². The second kappa shape index (κ2) is 13.9. The molecule has 10 rings (SSSR count). The van der Waals surface area contributed by atoms with E-state index < -0.39 is 0 Å². The maximum Gasteiger partial charge on any atom is 0.252 e. The zero-order valence-electron chi connectivity index (χ0n) is 39.0. The number of anilines is 6. The average Bonchev–Trinajstić information content (AvgIpc) is 3.61. The highest BCUT2D eigenvalue weighted by Gasteiger charge is 2.45. The van der Waals surface area contributed by atoms with Crippen molar-refractivity contribution in [2.45, 2.75) is 111 Å². The molecule has 7 aromatic carbocycles. The molecule has 0 fully saturated rings.